The Labute approximate surface area is 87.7 Å². The van der Waals surface area contributed by atoms with E-state index in [1.165, 1.54) is 20.4 Å². The van der Waals surface area contributed by atoms with Crippen LogP contribution in [0.15, 0.2) is 18.3 Å². The molecule has 1 aromatic rings. The lowest BCUT2D eigenvalue weighted by Crippen LogP contribution is -2.10. The summed E-state index contributed by atoms with van der Waals surface area (Å²) >= 11 is 0. The lowest BCUT2D eigenvalue weighted by Gasteiger charge is -2.11. The molecule has 0 saturated heterocycles. The van der Waals surface area contributed by atoms with Gasteiger partial charge in [0.15, 0.2) is 0 Å². The normalized spacial score (nSPS) is 11.9. The van der Waals surface area contributed by atoms with E-state index in [2.05, 4.69) is 9.72 Å². The molecule has 0 radical (unpaired) electrons. The van der Waals surface area contributed by atoms with Gasteiger partial charge < -0.3 is 14.6 Å². The van der Waals surface area contributed by atoms with E-state index in [4.69, 9.17) is 4.74 Å². The Morgan fingerprint density at radius 3 is 2.93 bits per heavy atom. The van der Waals surface area contributed by atoms with Crippen molar-refractivity contribution in [3.8, 4) is 5.75 Å². The van der Waals surface area contributed by atoms with Gasteiger partial charge in [-0.2, -0.15) is 0 Å². The summed E-state index contributed by atoms with van der Waals surface area (Å²) in [6, 6.07) is 3.36. The molecule has 1 heterocycles. The van der Waals surface area contributed by atoms with Crippen molar-refractivity contribution in [1.82, 2.24) is 4.98 Å². The Hall–Kier alpha value is -1.62. The number of aliphatic hydroxyl groups excluding tert-OH is 1. The molecular formula is C10H13NO4. The van der Waals surface area contributed by atoms with Gasteiger partial charge in [0, 0.05) is 6.20 Å². The van der Waals surface area contributed by atoms with Crippen LogP contribution in [0.2, 0.25) is 0 Å². The van der Waals surface area contributed by atoms with Crippen LogP contribution in [0.4, 0.5) is 0 Å². The molecular weight excluding hydrogens is 198 g/mol. The number of pyridine rings is 1. The highest BCUT2D eigenvalue weighted by Gasteiger charge is 2.18. The van der Waals surface area contributed by atoms with E-state index in [0.717, 1.165) is 0 Å². The van der Waals surface area contributed by atoms with Gasteiger partial charge in [0.1, 0.15) is 17.5 Å². The Bertz CT molecular complexity index is 340. The number of carbonyl (C=O) groups is 1. The average Bonchev–Trinajstić information content (AvgIpc) is 2.28. The first-order valence-corrected chi connectivity index (χ1v) is 4.42. The second-order valence-corrected chi connectivity index (χ2v) is 2.89. The van der Waals surface area contributed by atoms with Crippen LogP contribution in [0.3, 0.4) is 0 Å². The quantitative estimate of drug-likeness (QED) is 0.742. The second-order valence-electron chi connectivity index (χ2n) is 2.89. The number of carbonyl (C=O) groups excluding carboxylic acids is 1. The Morgan fingerprint density at radius 2 is 2.33 bits per heavy atom. The molecule has 0 saturated carbocycles. The van der Waals surface area contributed by atoms with E-state index >= 15 is 0 Å². The first-order chi connectivity index (χ1) is 7.19. The SMILES string of the molecule is COC(=O)C[C@H](O)c1ncccc1OC. The molecule has 0 aromatic carbocycles. The molecule has 5 heteroatoms. The van der Waals surface area contributed by atoms with E-state index in [1.807, 2.05) is 0 Å². The van der Waals surface area contributed by atoms with E-state index in [-0.39, 0.29) is 6.42 Å². The number of hydrogen-bond acceptors (Lipinski definition) is 5. The minimum Gasteiger partial charge on any atom is -0.495 e. The van der Waals surface area contributed by atoms with Gasteiger partial charge in [0.05, 0.1) is 20.6 Å². The molecule has 0 aliphatic rings. The van der Waals surface area contributed by atoms with Gasteiger partial charge in [-0.05, 0) is 12.1 Å². The number of aromatic nitrogens is 1. The number of aliphatic hydroxyl groups is 1. The molecule has 0 aliphatic heterocycles. The van der Waals surface area contributed by atoms with E-state index in [0.29, 0.717) is 11.4 Å². The number of methoxy groups -OCH3 is 2. The van der Waals surface area contributed by atoms with Crippen molar-refractivity contribution >= 4 is 5.97 Å². The highest BCUT2D eigenvalue weighted by molar-refractivity contribution is 5.70. The minimum atomic E-state index is -1.01. The molecule has 1 atom stereocenters. The third-order valence-corrected chi connectivity index (χ3v) is 1.92. The van der Waals surface area contributed by atoms with Crippen molar-refractivity contribution in [3.05, 3.63) is 24.0 Å². The highest BCUT2D eigenvalue weighted by atomic mass is 16.5. The fourth-order valence-electron chi connectivity index (χ4n) is 1.16. The summed E-state index contributed by atoms with van der Waals surface area (Å²) in [5.41, 5.74) is 0.338. The fourth-order valence-corrected chi connectivity index (χ4v) is 1.16. The molecule has 5 nitrogen and oxygen atoms in total. The van der Waals surface area contributed by atoms with E-state index in [1.54, 1.807) is 12.1 Å². The molecule has 0 unspecified atom stereocenters. The maximum Gasteiger partial charge on any atom is 0.308 e. The zero-order valence-corrected chi connectivity index (χ0v) is 8.64. The van der Waals surface area contributed by atoms with Crippen LogP contribution in [0.5, 0.6) is 5.75 Å². The molecule has 1 rings (SSSR count). The van der Waals surface area contributed by atoms with Crippen molar-refractivity contribution in [3.63, 3.8) is 0 Å². The third-order valence-electron chi connectivity index (χ3n) is 1.92. The lowest BCUT2D eigenvalue weighted by atomic mass is 10.1. The van der Waals surface area contributed by atoms with Gasteiger partial charge >= 0.3 is 5.97 Å². The Morgan fingerprint density at radius 1 is 1.60 bits per heavy atom. The van der Waals surface area contributed by atoms with Crippen LogP contribution < -0.4 is 4.74 Å². The first kappa shape index (κ1) is 11.5. The van der Waals surface area contributed by atoms with Crippen LogP contribution >= 0.6 is 0 Å². The van der Waals surface area contributed by atoms with Crippen molar-refractivity contribution in [2.24, 2.45) is 0 Å². The zero-order valence-electron chi connectivity index (χ0n) is 8.64. The van der Waals surface area contributed by atoms with Gasteiger partial charge in [-0.15, -0.1) is 0 Å². The molecule has 1 N–H and O–H groups in total. The zero-order chi connectivity index (χ0) is 11.3. The molecule has 82 valence electrons. The van der Waals surface area contributed by atoms with Crippen LogP contribution in [0.1, 0.15) is 18.2 Å². The number of ether oxygens (including phenoxy) is 2. The smallest absolute Gasteiger partial charge is 0.308 e. The van der Waals surface area contributed by atoms with Crippen LogP contribution in [-0.2, 0) is 9.53 Å². The van der Waals surface area contributed by atoms with Crippen molar-refractivity contribution in [1.29, 1.82) is 0 Å². The minimum absolute atomic E-state index is 0.135. The topological polar surface area (TPSA) is 68.7 Å². The van der Waals surface area contributed by atoms with E-state index in [9.17, 15) is 9.90 Å². The number of rotatable bonds is 4. The molecule has 0 spiro atoms. The lowest BCUT2D eigenvalue weighted by molar-refractivity contribution is -0.142. The van der Waals surface area contributed by atoms with Crippen molar-refractivity contribution in [2.45, 2.75) is 12.5 Å². The molecule has 0 amide bonds. The first-order valence-electron chi connectivity index (χ1n) is 4.42. The van der Waals surface area contributed by atoms with Crippen LogP contribution in [0.25, 0.3) is 0 Å². The predicted molar refractivity (Wildman–Crippen MR) is 52.4 cm³/mol. The summed E-state index contributed by atoms with van der Waals surface area (Å²) in [6.07, 6.45) is 0.385. The van der Waals surface area contributed by atoms with Crippen molar-refractivity contribution < 1.29 is 19.4 Å². The van der Waals surface area contributed by atoms with Gasteiger partial charge in [-0.3, -0.25) is 9.78 Å². The fraction of sp³-hybridized carbons (Fsp3) is 0.400. The van der Waals surface area contributed by atoms with Gasteiger partial charge in [0.2, 0.25) is 0 Å². The molecule has 1 aromatic heterocycles. The standard InChI is InChI=1S/C10H13NO4/c1-14-8-4-3-5-11-10(8)7(12)6-9(13)15-2/h3-5,7,12H,6H2,1-2H3/t7-/m0/s1. The maximum absolute atomic E-state index is 10.9. The van der Waals surface area contributed by atoms with Gasteiger partial charge in [-0.25, -0.2) is 0 Å². The summed E-state index contributed by atoms with van der Waals surface area (Å²) in [4.78, 5) is 14.9. The molecule has 0 aliphatic carbocycles. The summed E-state index contributed by atoms with van der Waals surface area (Å²) in [5, 5.41) is 9.69. The maximum atomic E-state index is 10.9. The summed E-state index contributed by atoms with van der Waals surface area (Å²) in [5.74, 6) is -0.0379. The third kappa shape index (κ3) is 2.92. The van der Waals surface area contributed by atoms with E-state index < -0.39 is 12.1 Å². The van der Waals surface area contributed by atoms with Gasteiger partial charge in [-0.1, -0.05) is 0 Å². The summed E-state index contributed by atoms with van der Waals surface area (Å²) in [6.45, 7) is 0. The largest absolute Gasteiger partial charge is 0.495 e. The van der Waals surface area contributed by atoms with Crippen LogP contribution in [-0.4, -0.2) is 30.3 Å². The molecule has 0 fully saturated rings. The predicted octanol–water partition coefficient (Wildman–Crippen LogP) is 0.687. The number of nitrogens with zero attached hydrogens (tertiary/aromatic N) is 1. The average molecular weight is 211 g/mol. The Kier molecular flexibility index (Phi) is 4.05. The number of esters is 1. The van der Waals surface area contributed by atoms with Gasteiger partial charge in [0.25, 0.3) is 0 Å². The monoisotopic (exact) mass is 211 g/mol. The molecule has 15 heavy (non-hydrogen) atoms. The van der Waals surface area contributed by atoms with Crippen LogP contribution in [0, 0.1) is 0 Å². The highest BCUT2D eigenvalue weighted by Crippen LogP contribution is 2.24. The molecule has 0 bridgehead atoms. The van der Waals surface area contributed by atoms with Crippen molar-refractivity contribution in [2.75, 3.05) is 14.2 Å². The number of hydrogen-bond donors (Lipinski definition) is 1. The second kappa shape index (κ2) is 5.31. The Balaban J connectivity index is 2.80. The summed E-state index contributed by atoms with van der Waals surface area (Å²) in [7, 11) is 2.75. The summed E-state index contributed by atoms with van der Waals surface area (Å²) < 4.78 is 9.46.